The molecule has 0 aliphatic carbocycles. The molecule has 1 fully saturated rings. The zero-order chi connectivity index (χ0) is 24.0. The number of amides is 3. The van der Waals surface area contributed by atoms with Crippen LogP contribution in [0.2, 0.25) is 0 Å². The van der Waals surface area contributed by atoms with Crippen molar-refractivity contribution in [3.05, 3.63) is 66.2 Å². The molecule has 9 heteroatoms. The first-order valence-electron chi connectivity index (χ1n) is 11.0. The highest BCUT2D eigenvalue weighted by atomic mass is 16.5. The molecule has 5 rings (SSSR count). The minimum atomic E-state index is -1.11. The van der Waals surface area contributed by atoms with Crippen LogP contribution in [0.15, 0.2) is 59.5 Å². The number of oxazole rings is 1. The summed E-state index contributed by atoms with van der Waals surface area (Å²) in [5.41, 5.74) is 7.16. The van der Waals surface area contributed by atoms with Gasteiger partial charge in [0, 0.05) is 36.3 Å². The number of anilines is 1. The van der Waals surface area contributed by atoms with Crippen molar-refractivity contribution in [3.63, 3.8) is 0 Å². The first-order chi connectivity index (χ1) is 16.3. The van der Waals surface area contributed by atoms with Crippen LogP contribution in [-0.4, -0.2) is 45.8 Å². The van der Waals surface area contributed by atoms with Gasteiger partial charge in [-0.05, 0) is 55.8 Å². The van der Waals surface area contributed by atoms with E-state index in [1.54, 1.807) is 43.1 Å². The molecule has 1 saturated heterocycles. The average Bonchev–Trinajstić information content (AvgIpc) is 3.55. The number of aromatic nitrogens is 1. The van der Waals surface area contributed by atoms with E-state index in [-0.39, 0.29) is 11.8 Å². The first-order valence-corrected chi connectivity index (χ1v) is 11.0. The zero-order valence-corrected chi connectivity index (χ0v) is 18.9. The van der Waals surface area contributed by atoms with Gasteiger partial charge in [0.1, 0.15) is 11.3 Å². The molecule has 174 valence electrons. The van der Waals surface area contributed by atoms with Crippen LogP contribution >= 0.6 is 0 Å². The van der Waals surface area contributed by atoms with E-state index < -0.39 is 17.6 Å². The van der Waals surface area contributed by atoms with Crippen molar-refractivity contribution in [1.82, 2.24) is 9.88 Å². The van der Waals surface area contributed by atoms with Gasteiger partial charge >= 0.3 is 0 Å². The lowest BCUT2D eigenvalue weighted by Crippen LogP contribution is -2.53. The van der Waals surface area contributed by atoms with E-state index in [0.29, 0.717) is 42.3 Å². The van der Waals surface area contributed by atoms with Gasteiger partial charge < -0.3 is 24.7 Å². The second-order valence-electron chi connectivity index (χ2n) is 8.93. The third kappa shape index (κ3) is 3.59. The number of fused-ring (bicyclic) bond motifs is 1. The number of carbonyl (C=O) groups is 3. The van der Waals surface area contributed by atoms with Crippen LogP contribution < -0.4 is 15.4 Å². The average molecular weight is 460 g/mol. The molecule has 34 heavy (non-hydrogen) atoms. The van der Waals surface area contributed by atoms with Crippen LogP contribution in [-0.2, 0) is 16.1 Å². The molecule has 2 N–H and O–H groups in total. The summed E-state index contributed by atoms with van der Waals surface area (Å²) in [6.45, 7) is 4.03. The molecule has 2 aliphatic rings. The topological polar surface area (TPSA) is 119 Å². The van der Waals surface area contributed by atoms with Gasteiger partial charge in [-0.2, -0.15) is 0 Å². The predicted molar refractivity (Wildman–Crippen MR) is 123 cm³/mol. The van der Waals surface area contributed by atoms with E-state index in [1.165, 1.54) is 11.3 Å². The smallest absolute Gasteiger partial charge is 0.268 e. The lowest BCUT2D eigenvalue weighted by atomic mass is 10.0. The molecule has 2 aromatic carbocycles. The SMILES string of the molecule is CC(C)(C(N)=O)N1Cc2ccc(N3CC[C@@H](Oc4ccc(-c5cnco5)cc4)C3=O)cc2C1=O. The van der Waals surface area contributed by atoms with Crippen molar-refractivity contribution in [1.29, 1.82) is 0 Å². The maximum atomic E-state index is 13.1. The first kappa shape index (κ1) is 21.7. The maximum Gasteiger partial charge on any atom is 0.268 e. The molecule has 1 atom stereocenters. The Balaban J connectivity index is 1.30. The Morgan fingerprint density at radius 2 is 1.94 bits per heavy atom. The normalized spacial score (nSPS) is 17.9. The van der Waals surface area contributed by atoms with E-state index >= 15 is 0 Å². The van der Waals surface area contributed by atoms with Gasteiger partial charge in [-0.25, -0.2) is 4.98 Å². The number of rotatable bonds is 6. The summed E-state index contributed by atoms with van der Waals surface area (Å²) in [5.74, 6) is 0.221. The highest BCUT2D eigenvalue weighted by Gasteiger charge is 2.42. The van der Waals surface area contributed by atoms with E-state index in [2.05, 4.69) is 4.98 Å². The van der Waals surface area contributed by atoms with Crippen LogP contribution in [0.25, 0.3) is 11.3 Å². The Morgan fingerprint density at radius 1 is 1.18 bits per heavy atom. The fourth-order valence-corrected chi connectivity index (χ4v) is 4.28. The Bertz CT molecular complexity index is 1270. The summed E-state index contributed by atoms with van der Waals surface area (Å²) in [5, 5.41) is 0. The van der Waals surface area contributed by atoms with Gasteiger partial charge in [0.05, 0.1) is 6.20 Å². The second kappa shape index (κ2) is 8.02. The predicted octanol–water partition coefficient (Wildman–Crippen LogP) is 2.75. The van der Waals surface area contributed by atoms with Crippen LogP contribution in [0.1, 0.15) is 36.2 Å². The molecule has 9 nitrogen and oxygen atoms in total. The number of hydrogen-bond acceptors (Lipinski definition) is 6. The number of primary amides is 1. The molecule has 0 spiro atoms. The molecule has 1 aromatic heterocycles. The van der Waals surface area contributed by atoms with Gasteiger partial charge in [0.15, 0.2) is 18.3 Å². The number of hydrogen-bond donors (Lipinski definition) is 1. The Hall–Kier alpha value is -4.14. The number of benzene rings is 2. The van der Waals surface area contributed by atoms with Crippen LogP contribution in [0.5, 0.6) is 5.75 Å². The van der Waals surface area contributed by atoms with Gasteiger partial charge in [-0.3, -0.25) is 14.4 Å². The highest BCUT2D eigenvalue weighted by molar-refractivity contribution is 6.04. The summed E-state index contributed by atoms with van der Waals surface area (Å²) in [7, 11) is 0. The molecule has 0 radical (unpaired) electrons. The number of carbonyl (C=O) groups excluding carboxylic acids is 3. The third-order valence-corrected chi connectivity index (χ3v) is 6.49. The van der Waals surface area contributed by atoms with E-state index in [0.717, 1.165) is 11.1 Å². The van der Waals surface area contributed by atoms with Crippen molar-refractivity contribution >= 4 is 23.4 Å². The highest BCUT2D eigenvalue weighted by Crippen LogP contribution is 2.34. The van der Waals surface area contributed by atoms with E-state index in [1.807, 2.05) is 24.3 Å². The summed E-state index contributed by atoms with van der Waals surface area (Å²) in [6, 6.07) is 12.6. The third-order valence-electron chi connectivity index (χ3n) is 6.49. The molecule has 0 saturated carbocycles. The lowest BCUT2D eigenvalue weighted by molar-refractivity contribution is -0.127. The van der Waals surface area contributed by atoms with Crippen molar-refractivity contribution in [2.45, 2.75) is 38.5 Å². The van der Waals surface area contributed by atoms with Crippen molar-refractivity contribution in [2.75, 3.05) is 11.4 Å². The Kier molecular flexibility index (Phi) is 5.11. The number of ether oxygens (including phenoxy) is 1. The minimum Gasteiger partial charge on any atom is -0.481 e. The van der Waals surface area contributed by atoms with Crippen LogP contribution in [0.4, 0.5) is 5.69 Å². The molecule has 0 bridgehead atoms. The molecule has 0 unspecified atom stereocenters. The molecule has 3 heterocycles. The van der Waals surface area contributed by atoms with Gasteiger partial charge in [0.2, 0.25) is 5.91 Å². The molecular weight excluding hydrogens is 436 g/mol. The molecule has 3 aromatic rings. The Morgan fingerprint density at radius 3 is 2.62 bits per heavy atom. The van der Waals surface area contributed by atoms with Crippen LogP contribution in [0.3, 0.4) is 0 Å². The van der Waals surface area contributed by atoms with Crippen LogP contribution in [0, 0.1) is 0 Å². The van der Waals surface area contributed by atoms with Crippen molar-refractivity contribution in [2.24, 2.45) is 5.73 Å². The Labute approximate surface area is 196 Å². The van der Waals surface area contributed by atoms with E-state index in [4.69, 9.17) is 14.9 Å². The molecule has 3 amide bonds. The number of nitrogens with two attached hydrogens (primary N) is 1. The summed E-state index contributed by atoms with van der Waals surface area (Å²) >= 11 is 0. The van der Waals surface area contributed by atoms with Crippen molar-refractivity contribution in [3.8, 4) is 17.1 Å². The molecule has 2 aliphatic heterocycles. The quantitative estimate of drug-likeness (QED) is 0.604. The fourth-order valence-electron chi connectivity index (χ4n) is 4.28. The fraction of sp³-hybridized carbons (Fsp3) is 0.280. The van der Waals surface area contributed by atoms with Gasteiger partial charge in [0.25, 0.3) is 11.8 Å². The van der Waals surface area contributed by atoms with Gasteiger partial charge in [-0.15, -0.1) is 0 Å². The maximum absolute atomic E-state index is 13.1. The second-order valence-corrected chi connectivity index (χ2v) is 8.93. The monoisotopic (exact) mass is 460 g/mol. The largest absolute Gasteiger partial charge is 0.481 e. The summed E-state index contributed by atoms with van der Waals surface area (Å²) in [6.07, 6.45) is 2.90. The lowest BCUT2D eigenvalue weighted by Gasteiger charge is -2.32. The number of nitrogens with zero attached hydrogens (tertiary/aromatic N) is 3. The molecular formula is C25H24N4O5. The van der Waals surface area contributed by atoms with Crippen molar-refractivity contribution < 1.29 is 23.5 Å². The minimum absolute atomic E-state index is 0.168. The summed E-state index contributed by atoms with van der Waals surface area (Å²) in [4.78, 5) is 44.9. The van der Waals surface area contributed by atoms with E-state index in [9.17, 15) is 14.4 Å². The standard InChI is InChI=1S/C25H24N4O5/c1-25(2,24(26)32)29-13-16-3-6-17(11-19(16)22(29)30)28-10-9-20(23(28)31)34-18-7-4-15(5-8-18)21-12-27-14-33-21/h3-8,11-12,14,20H,9-10,13H2,1-2H3,(H2,26,32)/t20-/m1/s1. The zero-order valence-electron chi connectivity index (χ0n) is 18.9. The van der Waals surface area contributed by atoms with Gasteiger partial charge in [-0.1, -0.05) is 6.07 Å². The summed E-state index contributed by atoms with van der Waals surface area (Å²) < 4.78 is 11.2.